The minimum absolute atomic E-state index is 0.205. The van der Waals surface area contributed by atoms with E-state index in [2.05, 4.69) is 6.92 Å². The number of nitrogens with two attached hydrogens (primary N) is 1. The summed E-state index contributed by atoms with van der Waals surface area (Å²) >= 11 is 0. The number of aryl methyl sites for hydroxylation is 1. The normalized spacial score (nSPS) is 10.5. The Balaban J connectivity index is 2.30. The lowest BCUT2D eigenvalue weighted by Gasteiger charge is -2.15. The first-order valence-electron chi connectivity index (χ1n) is 7.51. The van der Waals surface area contributed by atoms with Gasteiger partial charge in [0.05, 0.1) is 5.69 Å². The first-order chi connectivity index (χ1) is 10.5. The van der Waals surface area contributed by atoms with E-state index >= 15 is 0 Å². The van der Waals surface area contributed by atoms with Crippen LogP contribution in [0.15, 0.2) is 24.3 Å². The van der Waals surface area contributed by atoms with E-state index in [1.807, 2.05) is 12.1 Å². The number of benzene rings is 1. The fourth-order valence-electron chi connectivity index (χ4n) is 1.96. The second kappa shape index (κ2) is 9.92. The first kappa shape index (κ1) is 18.1. The lowest BCUT2D eigenvalue weighted by atomic mass is 10.1. The molecule has 0 radical (unpaired) electrons. The molecule has 122 valence electrons. The van der Waals surface area contributed by atoms with Crippen molar-refractivity contribution in [3.8, 4) is 0 Å². The number of amides is 2. The third-order valence-electron chi connectivity index (χ3n) is 3.14. The van der Waals surface area contributed by atoms with Gasteiger partial charge in [-0.2, -0.15) is 5.06 Å². The number of unbranched alkanes of at least 4 members (excludes halogenated alkanes) is 1. The Morgan fingerprint density at radius 1 is 1.23 bits per heavy atom. The summed E-state index contributed by atoms with van der Waals surface area (Å²) in [5.41, 5.74) is 6.60. The van der Waals surface area contributed by atoms with E-state index in [0.717, 1.165) is 18.4 Å². The van der Waals surface area contributed by atoms with Crippen molar-refractivity contribution in [2.45, 2.75) is 39.0 Å². The molecule has 0 aliphatic heterocycles. The summed E-state index contributed by atoms with van der Waals surface area (Å²) in [5.74, 6) is -0.873. The molecule has 6 nitrogen and oxygen atoms in total. The molecule has 0 saturated heterocycles. The third-order valence-corrected chi connectivity index (χ3v) is 3.14. The molecule has 0 bridgehead atoms. The van der Waals surface area contributed by atoms with Crippen molar-refractivity contribution in [2.24, 2.45) is 5.73 Å². The molecule has 1 aromatic carbocycles. The minimum atomic E-state index is -0.529. The maximum absolute atomic E-state index is 11.8. The summed E-state index contributed by atoms with van der Waals surface area (Å²) in [6.45, 7) is 2.24. The number of anilines is 1. The van der Waals surface area contributed by atoms with Crippen molar-refractivity contribution in [3.63, 3.8) is 0 Å². The summed E-state index contributed by atoms with van der Waals surface area (Å²) in [4.78, 5) is 22.3. The number of hydrogen-bond acceptors (Lipinski definition) is 4. The highest BCUT2D eigenvalue weighted by molar-refractivity contribution is 5.91. The molecule has 0 unspecified atom stereocenters. The average Bonchev–Trinajstić information content (AvgIpc) is 2.50. The Kier molecular flexibility index (Phi) is 8.17. The van der Waals surface area contributed by atoms with Crippen LogP contribution in [0.5, 0.6) is 0 Å². The van der Waals surface area contributed by atoms with Crippen LogP contribution >= 0.6 is 0 Å². The van der Waals surface area contributed by atoms with Crippen LogP contribution in [0.2, 0.25) is 0 Å². The van der Waals surface area contributed by atoms with Gasteiger partial charge in [-0.3, -0.25) is 14.8 Å². The van der Waals surface area contributed by atoms with Gasteiger partial charge in [0.2, 0.25) is 5.91 Å². The molecule has 6 heteroatoms. The van der Waals surface area contributed by atoms with Gasteiger partial charge in [-0.1, -0.05) is 25.5 Å². The largest absolute Gasteiger partial charge is 0.372 e. The van der Waals surface area contributed by atoms with Gasteiger partial charge in [0.25, 0.3) is 5.91 Å². The average molecular weight is 308 g/mol. The van der Waals surface area contributed by atoms with Crippen molar-refractivity contribution >= 4 is 17.5 Å². The Morgan fingerprint density at radius 2 is 1.91 bits per heavy atom. The van der Waals surface area contributed by atoms with E-state index in [9.17, 15) is 14.8 Å². The van der Waals surface area contributed by atoms with E-state index in [1.165, 1.54) is 0 Å². The van der Waals surface area contributed by atoms with E-state index in [0.29, 0.717) is 36.6 Å². The van der Waals surface area contributed by atoms with Gasteiger partial charge in [-0.25, -0.2) is 0 Å². The highest BCUT2D eigenvalue weighted by Gasteiger charge is 2.13. The number of rotatable bonds is 10. The third kappa shape index (κ3) is 6.69. The van der Waals surface area contributed by atoms with Gasteiger partial charge in [0, 0.05) is 13.0 Å². The zero-order valence-corrected chi connectivity index (χ0v) is 13.0. The van der Waals surface area contributed by atoms with Crippen LogP contribution in [0.3, 0.4) is 0 Å². The summed E-state index contributed by atoms with van der Waals surface area (Å²) in [6.07, 6.45) is 3.60. The van der Waals surface area contributed by atoms with Crippen molar-refractivity contribution < 1.29 is 19.5 Å². The molecular formula is C16H24N2O4. The van der Waals surface area contributed by atoms with Gasteiger partial charge in [0.1, 0.15) is 6.61 Å². The lowest BCUT2D eigenvalue weighted by Crippen LogP contribution is -2.30. The number of nitrogens with zero attached hydrogens (tertiary/aromatic N) is 1. The van der Waals surface area contributed by atoms with Gasteiger partial charge in [-0.15, -0.1) is 0 Å². The zero-order valence-electron chi connectivity index (χ0n) is 13.0. The quantitative estimate of drug-likeness (QED) is 0.393. The van der Waals surface area contributed by atoms with Crippen molar-refractivity contribution in [3.05, 3.63) is 29.8 Å². The lowest BCUT2D eigenvalue weighted by molar-refractivity contribution is -0.128. The Hall–Kier alpha value is -1.92. The van der Waals surface area contributed by atoms with Crippen LogP contribution in [-0.2, 0) is 20.7 Å². The molecule has 0 aromatic heterocycles. The molecule has 0 atom stereocenters. The van der Waals surface area contributed by atoms with Crippen molar-refractivity contribution in [1.29, 1.82) is 0 Å². The van der Waals surface area contributed by atoms with Crippen LogP contribution in [0.25, 0.3) is 0 Å². The van der Waals surface area contributed by atoms with Crippen LogP contribution in [-0.4, -0.2) is 30.2 Å². The van der Waals surface area contributed by atoms with Gasteiger partial charge in [-0.05, 0) is 37.0 Å². The fraction of sp³-hybridized carbons (Fsp3) is 0.500. The molecule has 0 aliphatic rings. The number of hydroxylamine groups is 1. The summed E-state index contributed by atoms with van der Waals surface area (Å²) in [6, 6.07) is 7.19. The molecule has 1 aromatic rings. The van der Waals surface area contributed by atoms with Crippen molar-refractivity contribution in [1.82, 2.24) is 0 Å². The predicted octanol–water partition coefficient (Wildman–Crippen LogP) is 2.03. The molecule has 0 heterocycles. The molecule has 2 amide bonds. The van der Waals surface area contributed by atoms with Gasteiger partial charge < -0.3 is 10.5 Å². The molecule has 0 spiro atoms. The van der Waals surface area contributed by atoms with Crippen LogP contribution < -0.4 is 10.8 Å². The zero-order chi connectivity index (χ0) is 16.4. The Morgan fingerprint density at radius 3 is 2.50 bits per heavy atom. The number of ether oxygens (including phenoxy) is 1. The van der Waals surface area contributed by atoms with E-state index in [4.69, 9.17) is 10.5 Å². The molecule has 3 N–H and O–H groups in total. The maximum Gasteiger partial charge on any atom is 0.276 e. The number of primary amides is 1. The van der Waals surface area contributed by atoms with Crippen LogP contribution in [0.4, 0.5) is 5.69 Å². The predicted molar refractivity (Wildman–Crippen MR) is 83.6 cm³/mol. The molecule has 22 heavy (non-hydrogen) atoms. The second-order valence-corrected chi connectivity index (χ2v) is 5.10. The molecule has 0 fully saturated rings. The molecule has 1 rings (SSSR count). The van der Waals surface area contributed by atoms with Crippen LogP contribution in [0.1, 0.15) is 38.2 Å². The summed E-state index contributed by atoms with van der Waals surface area (Å²) < 4.78 is 5.18. The second-order valence-electron chi connectivity index (χ2n) is 5.10. The first-order valence-corrected chi connectivity index (χ1v) is 7.51. The van der Waals surface area contributed by atoms with E-state index < -0.39 is 5.91 Å². The summed E-state index contributed by atoms with van der Waals surface area (Å²) in [5, 5.41) is 10.4. The smallest absolute Gasteiger partial charge is 0.276 e. The maximum atomic E-state index is 11.8. The standard InChI is InChI=1S/C16H24N2O4/c1-2-5-13-7-9-14(10-8-13)18(21)16(20)12-22-11-4-3-6-15(17)19/h7-10,21H,2-6,11-12H2,1H3,(H2,17,19). The number of carbonyl (C=O) groups excluding carboxylic acids is 2. The van der Waals surface area contributed by atoms with Gasteiger partial charge >= 0.3 is 0 Å². The molecule has 0 saturated carbocycles. The molecular weight excluding hydrogens is 284 g/mol. The minimum Gasteiger partial charge on any atom is -0.372 e. The number of carbonyl (C=O) groups is 2. The summed E-state index contributed by atoms with van der Waals surface area (Å²) in [7, 11) is 0. The Labute approximate surface area is 130 Å². The van der Waals surface area contributed by atoms with E-state index in [1.54, 1.807) is 12.1 Å². The topological polar surface area (TPSA) is 92.9 Å². The SMILES string of the molecule is CCCc1ccc(N(O)C(=O)COCCCCC(N)=O)cc1. The van der Waals surface area contributed by atoms with E-state index in [-0.39, 0.29) is 12.5 Å². The fourth-order valence-corrected chi connectivity index (χ4v) is 1.96. The molecule has 0 aliphatic carbocycles. The van der Waals surface area contributed by atoms with Crippen molar-refractivity contribution in [2.75, 3.05) is 18.3 Å². The van der Waals surface area contributed by atoms with Gasteiger partial charge in [0.15, 0.2) is 0 Å². The highest BCUT2D eigenvalue weighted by atomic mass is 16.5. The number of hydrogen-bond donors (Lipinski definition) is 2. The Bertz CT molecular complexity index is 474. The monoisotopic (exact) mass is 308 g/mol. The highest BCUT2D eigenvalue weighted by Crippen LogP contribution is 2.15. The van der Waals surface area contributed by atoms with Crippen LogP contribution in [0, 0.1) is 0 Å².